The van der Waals surface area contributed by atoms with Gasteiger partial charge in [0.15, 0.2) is 0 Å². The van der Waals surface area contributed by atoms with Crippen LogP contribution in [-0.4, -0.2) is 25.0 Å². The number of anilines is 1. The Morgan fingerprint density at radius 1 is 1.48 bits per heavy atom. The van der Waals surface area contributed by atoms with Gasteiger partial charge in [-0.2, -0.15) is 15.6 Å². The Kier molecular flexibility index (Phi) is 5.08. The molecule has 1 saturated heterocycles. The van der Waals surface area contributed by atoms with Gasteiger partial charge < -0.3 is 9.47 Å². The number of nitrogens with zero attached hydrogens (tertiary/aromatic N) is 3. The molecule has 1 atom stereocenters. The molecule has 0 saturated carbocycles. The summed E-state index contributed by atoms with van der Waals surface area (Å²) in [5.74, 6) is -0.0986. The number of nitrogens with one attached hydrogen (secondary N) is 1. The van der Waals surface area contributed by atoms with Crippen LogP contribution in [0.1, 0.15) is 12.8 Å². The van der Waals surface area contributed by atoms with Crippen LogP contribution in [0.25, 0.3) is 0 Å². The molecule has 1 fully saturated rings. The molecule has 21 heavy (non-hydrogen) atoms. The molecular formula is C14H13FN4O2. The molecular weight excluding hydrogens is 275 g/mol. The molecule has 1 aliphatic rings. The molecule has 0 amide bonds. The predicted molar refractivity (Wildman–Crippen MR) is 73.2 cm³/mol. The monoisotopic (exact) mass is 288 g/mol. The van der Waals surface area contributed by atoms with E-state index in [2.05, 4.69) is 10.5 Å². The molecule has 1 aliphatic heterocycles. The lowest BCUT2D eigenvalue weighted by molar-refractivity contribution is 0.0682. The van der Waals surface area contributed by atoms with Crippen molar-refractivity contribution in [2.24, 2.45) is 5.10 Å². The van der Waals surface area contributed by atoms with Crippen molar-refractivity contribution in [1.82, 2.24) is 0 Å². The highest BCUT2D eigenvalue weighted by Crippen LogP contribution is 2.26. The smallest absolute Gasteiger partial charge is 0.237 e. The number of hydrogen-bond donors (Lipinski definition) is 1. The van der Waals surface area contributed by atoms with E-state index < -0.39 is 5.82 Å². The SMILES string of the molecule is N#CC(C#N)=NNc1cc(F)ccc1OCC1CCCO1. The van der Waals surface area contributed by atoms with Crippen molar-refractivity contribution < 1.29 is 13.9 Å². The zero-order valence-corrected chi connectivity index (χ0v) is 11.2. The lowest BCUT2D eigenvalue weighted by Crippen LogP contribution is -2.16. The highest BCUT2D eigenvalue weighted by atomic mass is 19.1. The molecule has 1 heterocycles. The molecule has 1 unspecified atom stereocenters. The highest BCUT2D eigenvalue weighted by Gasteiger charge is 2.17. The molecule has 2 rings (SSSR count). The van der Waals surface area contributed by atoms with E-state index in [-0.39, 0.29) is 17.5 Å². The van der Waals surface area contributed by atoms with E-state index in [1.807, 2.05) is 0 Å². The molecule has 0 aliphatic carbocycles. The fourth-order valence-electron chi connectivity index (χ4n) is 1.87. The van der Waals surface area contributed by atoms with Crippen LogP contribution in [0.5, 0.6) is 5.75 Å². The molecule has 1 aromatic rings. The van der Waals surface area contributed by atoms with Gasteiger partial charge >= 0.3 is 0 Å². The Labute approximate surface area is 121 Å². The Hall–Kier alpha value is -2.64. The van der Waals surface area contributed by atoms with Crippen LogP contribution in [0.4, 0.5) is 10.1 Å². The fourth-order valence-corrected chi connectivity index (χ4v) is 1.87. The van der Waals surface area contributed by atoms with Crippen LogP contribution in [0.2, 0.25) is 0 Å². The maximum Gasteiger partial charge on any atom is 0.237 e. The van der Waals surface area contributed by atoms with Crippen LogP contribution >= 0.6 is 0 Å². The van der Waals surface area contributed by atoms with Crippen LogP contribution in [0.15, 0.2) is 23.3 Å². The lowest BCUT2D eigenvalue weighted by Gasteiger charge is -2.14. The highest BCUT2D eigenvalue weighted by molar-refractivity contribution is 6.10. The molecule has 108 valence electrons. The van der Waals surface area contributed by atoms with Gasteiger partial charge in [-0.1, -0.05) is 0 Å². The first-order valence-electron chi connectivity index (χ1n) is 6.41. The van der Waals surface area contributed by atoms with E-state index in [0.29, 0.717) is 12.4 Å². The molecule has 1 N–H and O–H groups in total. The van der Waals surface area contributed by atoms with Crippen molar-refractivity contribution >= 4 is 11.4 Å². The number of rotatable bonds is 5. The maximum absolute atomic E-state index is 13.3. The van der Waals surface area contributed by atoms with Crippen molar-refractivity contribution in [3.05, 3.63) is 24.0 Å². The summed E-state index contributed by atoms with van der Waals surface area (Å²) in [4.78, 5) is 0. The van der Waals surface area contributed by atoms with Gasteiger partial charge in [0.05, 0.1) is 6.10 Å². The van der Waals surface area contributed by atoms with Gasteiger partial charge in [0, 0.05) is 12.7 Å². The number of halogens is 1. The van der Waals surface area contributed by atoms with Crippen molar-refractivity contribution in [3.8, 4) is 17.9 Å². The van der Waals surface area contributed by atoms with Gasteiger partial charge in [0.2, 0.25) is 5.71 Å². The first-order chi connectivity index (χ1) is 10.2. The van der Waals surface area contributed by atoms with E-state index in [9.17, 15) is 4.39 Å². The normalized spacial score (nSPS) is 16.6. The number of benzene rings is 1. The summed E-state index contributed by atoms with van der Waals surface area (Å²) >= 11 is 0. The number of nitriles is 2. The third-order valence-electron chi connectivity index (χ3n) is 2.89. The van der Waals surface area contributed by atoms with Gasteiger partial charge in [0.1, 0.15) is 36.0 Å². The van der Waals surface area contributed by atoms with Gasteiger partial charge in [-0.3, -0.25) is 5.43 Å². The standard InChI is InChI=1S/C14H13FN4O2/c15-10-3-4-14(21-9-12-2-1-5-20-12)13(6-10)19-18-11(7-16)8-17/h3-4,6,12,19H,1-2,5,9H2. The van der Waals surface area contributed by atoms with Crippen LogP contribution in [-0.2, 0) is 4.74 Å². The van der Waals surface area contributed by atoms with Crippen molar-refractivity contribution in [3.63, 3.8) is 0 Å². The first kappa shape index (κ1) is 14.8. The zero-order chi connectivity index (χ0) is 15.1. The molecule has 0 aromatic heterocycles. The lowest BCUT2D eigenvalue weighted by atomic mass is 10.2. The number of hydrogen-bond acceptors (Lipinski definition) is 6. The fraction of sp³-hybridized carbons (Fsp3) is 0.357. The van der Waals surface area contributed by atoms with E-state index in [4.69, 9.17) is 20.0 Å². The van der Waals surface area contributed by atoms with Crippen LogP contribution in [0.3, 0.4) is 0 Å². The Bertz CT molecular complexity index is 596. The molecule has 1 aromatic carbocycles. The minimum Gasteiger partial charge on any atom is -0.489 e. The Morgan fingerprint density at radius 2 is 2.29 bits per heavy atom. The van der Waals surface area contributed by atoms with Crippen LogP contribution in [0, 0.1) is 28.5 Å². The van der Waals surface area contributed by atoms with Crippen molar-refractivity contribution in [2.75, 3.05) is 18.6 Å². The maximum atomic E-state index is 13.3. The van der Waals surface area contributed by atoms with E-state index in [1.54, 1.807) is 12.1 Å². The number of ether oxygens (including phenoxy) is 2. The largest absolute Gasteiger partial charge is 0.489 e. The summed E-state index contributed by atoms with van der Waals surface area (Å²) in [5, 5.41) is 20.8. The summed E-state index contributed by atoms with van der Waals surface area (Å²) in [5.41, 5.74) is 2.36. The average molecular weight is 288 g/mol. The van der Waals surface area contributed by atoms with Gasteiger partial charge in [-0.05, 0) is 25.0 Å². The van der Waals surface area contributed by atoms with Crippen molar-refractivity contribution in [2.45, 2.75) is 18.9 Å². The Balaban J connectivity index is 2.08. The zero-order valence-electron chi connectivity index (χ0n) is 11.2. The summed E-state index contributed by atoms with van der Waals surface area (Å²) in [7, 11) is 0. The second kappa shape index (κ2) is 7.22. The average Bonchev–Trinajstić information content (AvgIpc) is 3.01. The molecule has 0 spiro atoms. The number of hydrazone groups is 1. The quantitative estimate of drug-likeness (QED) is 0.662. The van der Waals surface area contributed by atoms with Gasteiger partial charge in [-0.15, -0.1) is 0 Å². The van der Waals surface area contributed by atoms with E-state index in [0.717, 1.165) is 19.4 Å². The van der Waals surface area contributed by atoms with E-state index >= 15 is 0 Å². The summed E-state index contributed by atoms with van der Waals surface area (Å²) in [6.45, 7) is 1.08. The van der Waals surface area contributed by atoms with Crippen molar-refractivity contribution in [1.29, 1.82) is 10.5 Å². The topological polar surface area (TPSA) is 90.4 Å². The van der Waals surface area contributed by atoms with Gasteiger partial charge in [0.25, 0.3) is 0 Å². The Morgan fingerprint density at radius 3 is 2.95 bits per heavy atom. The molecule has 6 nitrogen and oxygen atoms in total. The van der Waals surface area contributed by atoms with E-state index in [1.165, 1.54) is 18.2 Å². The third kappa shape index (κ3) is 4.16. The van der Waals surface area contributed by atoms with Crippen LogP contribution < -0.4 is 10.2 Å². The third-order valence-corrected chi connectivity index (χ3v) is 2.89. The second-order valence-electron chi connectivity index (χ2n) is 4.38. The predicted octanol–water partition coefficient (Wildman–Crippen LogP) is 2.20. The van der Waals surface area contributed by atoms with Gasteiger partial charge in [-0.25, -0.2) is 4.39 Å². The summed E-state index contributed by atoms with van der Waals surface area (Å²) < 4.78 is 24.3. The minimum absolute atomic E-state index is 0.0279. The summed E-state index contributed by atoms with van der Waals surface area (Å²) in [6, 6.07) is 7.11. The minimum atomic E-state index is -0.479. The summed E-state index contributed by atoms with van der Waals surface area (Å²) in [6.07, 6.45) is 1.95. The molecule has 0 radical (unpaired) electrons. The molecule has 0 bridgehead atoms. The second-order valence-corrected chi connectivity index (χ2v) is 4.38. The first-order valence-corrected chi connectivity index (χ1v) is 6.41. The molecule has 7 heteroatoms.